The first-order valence-corrected chi connectivity index (χ1v) is 9.19. The predicted octanol–water partition coefficient (Wildman–Crippen LogP) is 4.12. The second-order valence-electron chi connectivity index (χ2n) is 5.82. The highest BCUT2D eigenvalue weighted by molar-refractivity contribution is 14.0. The molecule has 1 unspecified atom stereocenters. The monoisotopic (exact) mass is 506 g/mol. The van der Waals surface area contributed by atoms with E-state index in [0.29, 0.717) is 24.1 Å². The average Bonchev–Trinajstić information content (AvgIpc) is 3.06. The van der Waals surface area contributed by atoms with Gasteiger partial charge in [-0.05, 0) is 24.1 Å². The maximum Gasteiger partial charge on any atom is 0.191 e. The van der Waals surface area contributed by atoms with Crippen LogP contribution in [-0.2, 0) is 24.1 Å². The second-order valence-corrected chi connectivity index (χ2v) is 6.26. The van der Waals surface area contributed by atoms with E-state index < -0.39 is 0 Å². The SMILES string of the molecule is CCc1noc(CC)c1CNC(=NC)NCC(OC)c1cccc(Cl)c1.I. The van der Waals surface area contributed by atoms with E-state index in [4.69, 9.17) is 20.9 Å². The second kappa shape index (κ2) is 12.2. The number of benzene rings is 1. The van der Waals surface area contributed by atoms with Crippen molar-refractivity contribution in [3.63, 3.8) is 0 Å². The molecule has 27 heavy (non-hydrogen) atoms. The molecule has 1 heterocycles. The fourth-order valence-corrected chi connectivity index (χ4v) is 2.96. The Hall–Kier alpha value is -1.32. The van der Waals surface area contributed by atoms with Crippen LogP contribution < -0.4 is 10.6 Å². The topological polar surface area (TPSA) is 71.7 Å². The molecule has 6 nitrogen and oxygen atoms in total. The van der Waals surface area contributed by atoms with E-state index in [1.165, 1.54) is 0 Å². The molecule has 0 aliphatic rings. The van der Waals surface area contributed by atoms with Gasteiger partial charge >= 0.3 is 0 Å². The van der Waals surface area contributed by atoms with Gasteiger partial charge in [-0.2, -0.15) is 0 Å². The van der Waals surface area contributed by atoms with Crippen LogP contribution in [0.3, 0.4) is 0 Å². The molecule has 0 spiro atoms. The van der Waals surface area contributed by atoms with Crippen LogP contribution in [-0.4, -0.2) is 31.8 Å². The molecule has 0 aliphatic heterocycles. The van der Waals surface area contributed by atoms with Gasteiger partial charge in [0.15, 0.2) is 5.96 Å². The zero-order chi connectivity index (χ0) is 18.9. The van der Waals surface area contributed by atoms with Crippen LogP contribution in [0.25, 0.3) is 0 Å². The van der Waals surface area contributed by atoms with Gasteiger partial charge in [0.25, 0.3) is 0 Å². The van der Waals surface area contributed by atoms with E-state index in [9.17, 15) is 0 Å². The number of aromatic nitrogens is 1. The Labute approximate surface area is 183 Å². The van der Waals surface area contributed by atoms with E-state index >= 15 is 0 Å². The first-order valence-electron chi connectivity index (χ1n) is 8.81. The van der Waals surface area contributed by atoms with Crippen molar-refractivity contribution >= 4 is 41.5 Å². The van der Waals surface area contributed by atoms with Crippen LogP contribution >= 0.6 is 35.6 Å². The quantitative estimate of drug-likeness (QED) is 0.320. The zero-order valence-electron chi connectivity index (χ0n) is 16.2. The van der Waals surface area contributed by atoms with E-state index in [1.807, 2.05) is 24.3 Å². The van der Waals surface area contributed by atoms with Crippen LogP contribution in [0.4, 0.5) is 0 Å². The number of guanidine groups is 1. The predicted molar refractivity (Wildman–Crippen MR) is 120 cm³/mol. The van der Waals surface area contributed by atoms with E-state index in [1.54, 1.807) is 14.2 Å². The summed E-state index contributed by atoms with van der Waals surface area (Å²) < 4.78 is 11.0. The Kier molecular flexibility index (Phi) is 10.7. The first-order chi connectivity index (χ1) is 12.6. The number of rotatable bonds is 8. The molecule has 0 bridgehead atoms. The summed E-state index contributed by atoms with van der Waals surface area (Å²) in [5.41, 5.74) is 3.11. The van der Waals surface area contributed by atoms with Gasteiger partial charge in [-0.1, -0.05) is 42.7 Å². The van der Waals surface area contributed by atoms with Crippen molar-refractivity contribution in [3.8, 4) is 0 Å². The highest BCUT2D eigenvalue weighted by atomic mass is 127. The molecule has 1 aromatic carbocycles. The molecule has 2 aromatic rings. The summed E-state index contributed by atoms with van der Waals surface area (Å²) in [5, 5.41) is 11.4. The molecule has 1 aromatic heterocycles. The molecule has 0 aliphatic carbocycles. The van der Waals surface area contributed by atoms with Crippen LogP contribution in [0.15, 0.2) is 33.8 Å². The standard InChI is InChI=1S/C19H27ClN4O2.HI/c1-5-16-15(17(6-2)26-24-16)11-22-19(21-3)23-12-18(25-4)13-8-7-9-14(20)10-13;/h7-10,18H,5-6,11-12H2,1-4H3,(H2,21,22,23);1H. The van der Waals surface area contributed by atoms with Crippen LogP contribution in [0.5, 0.6) is 0 Å². The molecule has 0 saturated heterocycles. The molecule has 2 N–H and O–H groups in total. The van der Waals surface area contributed by atoms with E-state index in [0.717, 1.165) is 35.4 Å². The average molecular weight is 507 g/mol. The van der Waals surface area contributed by atoms with Gasteiger partial charge in [0, 0.05) is 44.3 Å². The molecule has 150 valence electrons. The number of hydrogen-bond donors (Lipinski definition) is 2. The summed E-state index contributed by atoms with van der Waals surface area (Å²) >= 11 is 6.07. The minimum atomic E-state index is -0.125. The van der Waals surface area contributed by atoms with Crippen LogP contribution in [0.2, 0.25) is 5.02 Å². The van der Waals surface area contributed by atoms with Crippen molar-refractivity contribution in [2.24, 2.45) is 4.99 Å². The maximum absolute atomic E-state index is 6.07. The number of halogens is 2. The number of hydrogen-bond acceptors (Lipinski definition) is 4. The Morgan fingerprint density at radius 3 is 2.67 bits per heavy atom. The van der Waals surface area contributed by atoms with Gasteiger partial charge in [0.1, 0.15) is 5.76 Å². The molecule has 8 heteroatoms. The number of nitrogens with zero attached hydrogens (tertiary/aromatic N) is 2. The third-order valence-electron chi connectivity index (χ3n) is 4.22. The Balaban J connectivity index is 0.00000364. The lowest BCUT2D eigenvalue weighted by Gasteiger charge is -2.19. The number of aliphatic imine (C=N–C) groups is 1. The van der Waals surface area contributed by atoms with Crippen LogP contribution in [0.1, 0.15) is 42.5 Å². The van der Waals surface area contributed by atoms with Crippen molar-refractivity contribution in [1.29, 1.82) is 0 Å². The van der Waals surface area contributed by atoms with Gasteiger partial charge in [0.2, 0.25) is 0 Å². The lowest BCUT2D eigenvalue weighted by Crippen LogP contribution is -2.39. The summed E-state index contributed by atoms with van der Waals surface area (Å²) in [5.74, 6) is 1.61. The van der Waals surface area contributed by atoms with Crippen molar-refractivity contribution in [3.05, 3.63) is 51.9 Å². The molecule has 0 saturated carbocycles. The molecule has 2 rings (SSSR count). The normalized spacial score (nSPS) is 12.4. The van der Waals surface area contributed by atoms with Crippen molar-refractivity contribution in [2.75, 3.05) is 20.7 Å². The largest absolute Gasteiger partial charge is 0.375 e. The molecule has 0 amide bonds. The third kappa shape index (κ3) is 6.65. The number of ether oxygens (including phenoxy) is 1. The van der Waals surface area contributed by atoms with E-state index in [-0.39, 0.29) is 30.1 Å². The smallest absolute Gasteiger partial charge is 0.191 e. The van der Waals surface area contributed by atoms with Crippen molar-refractivity contribution < 1.29 is 9.26 Å². The van der Waals surface area contributed by atoms with Gasteiger partial charge < -0.3 is 19.9 Å². The minimum absolute atomic E-state index is 0. The zero-order valence-corrected chi connectivity index (χ0v) is 19.3. The van der Waals surface area contributed by atoms with Crippen molar-refractivity contribution in [1.82, 2.24) is 15.8 Å². The summed E-state index contributed by atoms with van der Waals surface area (Å²) in [6, 6.07) is 7.67. The highest BCUT2D eigenvalue weighted by Crippen LogP contribution is 2.20. The van der Waals surface area contributed by atoms with Gasteiger partial charge in [-0.15, -0.1) is 24.0 Å². The minimum Gasteiger partial charge on any atom is -0.375 e. The lowest BCUT2D eigenvalue weighted by molar-refractivity contribution is 0.106. The molecule has 1 atom stereocenters. The highest BCUT2D eigenvalue weighted by Gasteiger charge is 2.15. The number of aryl methyl sites for hydroxylation is 2. The Bertz CT molecular complexity index is 715. The summed E-state index contributed by atoms with van der Waals surface area (Å²) in [6.07, 6.45) is 1.53. The lowest BCUT2D eigenvalue weighted by atomic mass is 10.1. The fourth-order valence-electron chi connectivity index (χ4n) is 2.76. The van der Waals surface area contributed by atoms with Crippen molar-refractivity contribution in [2.45, 2.75) is 39.3 Å². The van der Waals surface area contributed by atoms with Gasteiger partial charge in [-0.3, -0.25) is 4.99 Å². The molecule has 0 fully saturated rings. The number of nitrogens with one attached hydrogen (secondary N) is 2. The summed E-state index contributed by atoms with van der Waals surface area (Å²) in [4.78, 5) is 4.28. The molecular weight excluding hydrogens is 479 g/mol. The summed E-state index contributed by atoms with van der Waals surface area (Å²) in [7, 11) is 3.42. The fraction of sp³-hybridized carbons (Fsp3) is 0.474. The van der Waals surface area contributed by atoms with Gasteiger partial charge in [-0.25, -0.2) is 0 Å². The van der Waals surface area contributed by atoms with Crippen LogP contribution in [0, 0.1) is 0 Å². The number of methoxy groups -OCH3 is 1. The van der Waals surface area contributed by atoms with Gasteiger partial charge in [0.05, 0.1) is 11.8 Å². The first kappa shape index (κ1) is 23.7. The third-order valence-corrected chi connectivity index (χ3v) is 4.46. The molecular formula is C19H28ClIN4O2. The van der Waals surface area contributed by atoms with E-state index in [2.05, 4.69) is 34.6 Å². The Morgan fingerprint density at radius 1 is 1.30 bits per heavy atom. The maximum atomic E-state index is 6.07. The Morgan fingerprint density at radius 2 is 2.07 bits per heavy atom. The molecule has 0 radical (unpaired) electrons. The summed E-state index contributed by atoms with van der Waals surface area (Å²) in [6.45, 7) is 5.32.